The van der Waals surface area contributed by atoms with Crippen LogP contribution < -0.4 is 5.32 Å². The minimum Gasteiger partial charge on any atom is -0.319 e. The number of benzene rings is 2. The highest BCUT2D eigenvalue weighted by molar-refractivity contribution is 6.05. The van der Waals surface area contributed by atoms with Crippen LogP contribution in [-0.2, 0) is 6.54 Å². The lowest BCUT2D eigenvalue weighted by Crippen LogP contribution is -2.13. The van der Waals surface area contributed by atoms with Gasteiger partial charge in [-0.25, -0.2) is 4.98 Å². The summed E-state index contributed by atoms with van der Waals surface area (Å²) in [6, 6.07) is 21.8. The van der Waals surface area contributed by atoms with E-state index >= 15 is 0 Å². The average Bonchev–Trinajstić information content (AvgIpc) is 2.73. The molecule has 0 atom stereocenters. The van der Waals surface area contributed by atoms with Gasteiger partial charge in [0.15, 0.2) is 0 Å². The van der Waals surface area contributed by atoms with Crippen molar-refractivity contribution in [2.75, 3.05) is 19.4 Å². The zero-order valence-electron chi connectivity index (χ0n) is 16.5. The van der Waals surface area contributed by atoms with Crippen molar-refractivity contribution in [1.82, 2.24) is 14.9 Å². The molecule has 1 N–H and O–H groups in total. The van der Waals surface area contributed by atoms with E-state index in [1.807, 2.05) is 24.3 Å². The molecule has 0 saturated heterocycles. The Hall–Kier alpha value is -3.57. The second-order valence-corrected chi connectivity index (χ2v) is 7.21. The fourth-order valence-corrected chi connectivity index (χ4v) is 3.34. The van der Waals surface area contributed by atoms with Gasteiger partial charge in [0.1, 0.15) is 5.69 Å². The van der Waals surface area contributed by atoms with Crippen molar-refractivity contribution in [3.8, 4) is 11.1 Å². The minimum atomic E-state index is -0.254. The fourth-order valence-electron chi connectivity index (χ4n) is 3.34. The van der Waals surface area contributed by atoms with Gasteiger partial charge in [-0.05, 0) is 49.5 Å². The number of hydrogen-bond donors (Lipinski definition) is 1. The van der Waals surface area contributed by atoms with Gasteiger partial charge in [-0.3, -0.25) is 9.78 Å². The van der Waals surface area contributed by atoms with Gasteiger partial charge in [0, 0.05) is 23.7 Å². The lowest BCUT2D eigenvalue weighted by molar-refractivity contribution is 0.102. The molecule has 4 rings (SSSR count). The van der Waals surface area contributed by atoms with Gasteiger partial charge in [0.05, 0.1) is 17.4 Å². The number of para-hydroxylation sites is 1. The topological polar surface area (TPSA) is 58.1 Å². The van der Waals surface area contributed by atoms with Crippen LogP contribution in [0.1, 0.15) is 16.1 Å². The summed E-state index contributed by atoms with van der Waals surface area (Å²) in [5.41, 5.74) is 5.16. The molecule has 0 bridgehead atoms. The first kappa shape index (κ1) is 18.8. The van der Waals surface area contributed by atoms with Crippen LogP contribution in [0.25, 0.3) is 22.0 Å². The highest BCUT2D eigenvalue weighted by atomic mass is 16.1. The number of hydrogen-bond acceptors (Lipinski definition) is 4. The summed E-state index contributed by atoms with van der Waals surface area (Å²) in [6.07, 6.45) is 3.28. The van der Waals surface area contributed by atoms with Crippen molar-refractivity contribution in [1.29, 1.82) is 0 Å². The van der Waals surface area contributed by atoms with Gasteiger partial charge in [0.25, 0.3) is 5.91 Å². The SMILES string of the molecule is CN(C)Cc1cccc(-c2cccc3ccc(C(=O)Nc4cccnc4)nc23)c1. The highest BCUT2D eigenvalue weighted by Gasteiger charge is 2.12. The van der Waals surface area contributed by atoms with Crippen LogP contribution >= 0.6 is 0 Å². The molecule has 0 aliphatic carbocycles. The molecular formula is C24H22N4O. The van der Waals surface area contributed by atoms with E-state index in [0.717, 1.165) is 28.6 Å². The third-order valence-corrected chi connectivity index (χ3v) is 4.61. The molecule has 0 spiro atoms. The number of anilines is 1. The smallest absolute Gasteiger partial charge is 0.274 e. The lowest BCUT2D eigenvalue weighted by atomic mass is 9.99. The summed E-state index contributed by atoms with van der Waals surface area (Å²) in [6.45, 7) is 0.866. The van der Waals surface area contributed by atoms with E-state index in [-0.39, 0.29) is 5.91 Å². The number of nitrogens with one attached hydrogen (secondary N) is 1. The molecule has 0 fully saturated rings. The Labute approximate surface area is 170 Å². The zero-order chi connectivity index (χ0) is 20.2. The number of fused-ring (bicyclic) bond motifs is 1. The van der Waals surface area contributed by atoms with Crippen LogP contribution in [0, 0.1) is 0 Å². The molecule has 2 aromatic carbocycles. The van der Waals surface area contributed by atoms with E-state index in [0.29, 0.717) is 11.4 Å². The summed E-state index contributed by atoms with van der Waals surface area (Å²) < 4.78 is 0. The number of carbonyl (C=O) groups is 1. The molecule has 0 unspecified atom stereocenters. The summed E-state index contributed by atoms with van der Waals surface area (Å²) in [5.74, 6) is -0.254. The molecule has 2 heterocycles. The van der Waals surface area contributed by atoms with E-state index in [2.05, 4.69) is 53.6 Å². The van der Waals surface area contributed by atoms with E-state index in [1.54, 1.807) is 30.6 Å². The van der Waals surface area contributed by atoms with Crippen LogP contribution in [-0.4, -0.2) is 34.9 Å². The predicted molar refractivity (Wildman–Crippen MR) is 117 cm³/mol. The molecule has 1 amide bonds. The minimum absolute atomic E-state index is 0.254. The number of pyridine rings is 2. The molecule has 4 aromatic rings. The predicted octanol–water partition coefficient (Wildman–Crippen LogP) is 4.61. The fraction of sp³-hybridized carbons (Fsp3) is 0.125. The molecule has 0 radical (unpaired) electrons. The number of aromatic nitrogens is 2. The maximum absolute atomic E-state index is 12.7. The van der Waals surface area contributed by atoms with E-state index in [9.17, 15) is 4.79 Å². The molecule has 5 nitrogen and oxygen atoms in total. The number of nitrogens with zero attached hydrogens (tertiary/aromatic N) is 3. The van der Waals surface area contributed by atoms with Gasteiger partial charge < -0.3 is 10.2 Å². The Morgan fingerprint density at radius 3 is 2.66 bits per heavy atom. The first-order valence-corrected chi connectivity index (χ1v) is 9.45. The van der Waals surface area contributed by atoms with E-state index in [1.165, 1.54) is 5.56 Å². The van der Waals surface area contributed by atoms with Crippen LogP contribution in [0.2, 0.25) is 0 Å². The average molecular weight is 382 g/mol. The van der Waals surface area contributed by atoms with Gasteiger partial charge in [0.2, 0.25) is 0 Å². The Morgan fingerprint density at radius 1 is 1.00 bits per heavy atom. The monoisotopic (exact) mass is 382 g/mol. The molecule has 2 aromatic heterocycles. The van der Waals surface area contributed by atoms with Crippen molar-refractivity contribution in [2.45, 2.75) is 6.54 Å². The quantitative estimate of drug-likeness (QED) is 0.548. The van der Waals surface area contributed by atoms with Crippen molar-refractivity contribution in [3.05, 3.63) is 90.4 Å². The van der Waals surface area contributed by atoms with Gasteiger partial charge >= 0.3 is 0 Å². The third kappa shape index (κ3) is 4.31. The molecule has 0 aliphatic heterocycles. The zero-order valence-corrected chi connectivity index (χ0v) is 16.5. The van der Waals surface area contributed by atoms with Crippen LogP contribution in [0.5, 0.6) is 0 Å². The second kappa shape index (κ2) is 8.20. The summed E-state index contributed by atoms with van der Waals surface area (Å²) >= 11 is 0. The molecule has 5 heteroatoms. The Bertz CT molecular complexity index is 1160. The molecule has 0 aliphatic rings. The lowest BCUT2D eigenvalue weighted by Gasteiger charge is -2.12. The Kier molecular flexibility index (Phi) is 5.31. The molecular weight excluding hydrogens is 360 g/mol. The van der Waals surface area contributed by atoms with Gasteiger partial charge in [-0.2, -0.15) is 0 Å². The van der Waals surface area contributed by atoms with E-state index in [4.69, 9.17) is 4.98 Å². The molecule has 0 saturated carbocycles. The van der Waals surface area contributed by atoms with Crippen LogP contribution in [0.4, 0.5) is 5.69 Å². The first-order valence-electron chi connectivity index (χ1n) is 9.45. The maximum atomic E-state index is 12.7. The summed E-state index contributed by atoms with van der Waals surface area (Å²) in [5, 5.41) is 3.84. The van der Waals surface area contributed by atoms with Gasteiger partial charge in [-0.1, -0.05) is 42.5 Å². The summed E-state index contributed by atoms with van der Waals surface area (Å²) in [7, 11) is 4.11. The van der Waals surface area contributed by atoms with Crippen LogP contribution in [0.3, 0.4) is 0 Å². The largest absolute Gasteiger partial charge is 0.319 e. The second-order valence-electron chi connectivity index (χ2n) is 7.21. The molecule has 144 valence electrons. The van der Waals surface area contributed by atoms with Crippen molar-refractivity contribution >= 4 is 22.5 Å². The number of carbonyl (C=O) groups excluding carboxylic acids is 1. The Morgan fingerprint density at radius 2 is 1.86 bits per heavy atom. The van der Waals surface area contributed by atoms with E-state index < -0.39 is 0 Å². The normalized spacial score (nSPS) is 11.0. The van der Waals surface area contributed by atoms with Crippen molar-refractivity contribution in [3.63, 3.8) is 0 Å². The Balaban J connectivity index is 1.72. The third-order valence-electron chi connectivity index (χ3n) is 4.61. The van der Waals surface area contributed by atoms with Crippen molar-refractivity contribution in [2.24, 2.45) is 0 Å². The van der Waals surface area contributed by atoms with Crippen LogP contribution in [0.15, 0.2) is 79.1 Å². The van der Waals surface area contributed by atoms with Gasteiger partial charge in [-0.15, -0.1) is 0 Å². The number of amides is 1. The highest BCUT2D eigenvalue weighted by Crippen LogP contribution is 2.28. The van der Waals surface area contributed by atoms with Crippen molar-refractivity contribution < 1.29 is 4.79 Å². The standard InChI is InChI=1S/C24H22N4O/c1-28(2)16-17-6-3-8-19(14-17)21-10-4-7-18-11-12-22(27-23(18)21)24(29)26-20-9-5-13-25-15-20/h3-15H,16H2,1-2H3,(H,26,29). The first-order chi connectivity index (χ1) is 14.1. The molecule has 29 heavy (non-hydrogen) atoms. The summed E-state index contributed by atoms with van der Waals surface area (Å²) in [4.78, 5) is 23.5. The number of rotatable bonds is 5. The maximum Gasteiger partial charge on any atom is 0.274 e.